The van der Waals surface area contributed by atoms with Gasteiger partial charge in [0.2, 0.25) is 0 Å². The van der Waals surface area contributed by atoms with Crippen molar-refractivity contribution in [1.82, 2.24) is 15.0 Å². The average Bonchev–Trinajstić information content (AvgIpc) is 2.52. The first kappa shape index (κ1) is 14.0. The fourth-order valence-electron chi connectivity index (χ4n) is 2.30. The molecule has 2 bridgehead atoms. The molecule has 3 amide bonds. The molecule has 0 aromatic carbocycles. The Kier molecular flexibility index (Phi) is 3.38. The number of fused-ring (bicyclic) bond motifs is 2. The third-order valence-corrected chi connectivity index (χ3v) is 3.45. The molecular formula is C8H13N3O7S. The highest BCUT2D eigenvalue weighted by Gasteiger charge is 2.49. The molecule has 2 aliphatic rings. The summed E-state index contributed by atoms with van der Waals surface area (Å²) in [6, 6.07) is -2.25. The SMILES string of the molecule is CN(O)C(=O)C1CCC2CN1C(=O)N2OS(=O)(=O)O. The van der Waals surface area contributed by atoms with Crippen LogP contribution in [0.2, 0.25) is 0 Å². The highest BCUT2D eigenvalue weighted by Crippen LogP contribution is 2.31. The van der Waals surface area contributed by atoms with Crippen LogP contribution in [0.3, 0.4) is 0 Å². The molecule has 0 saturated carbocycles. The van der Waals surface area contributed by atoms with Crippen molar-refractivity contribution in [3.63, 3.8) is 0 Å². The Morgan fingerprint density at radius 2 is 2.11 bits per heavy atom. The van der Waals surface area contributed by atoms with Gasteiger partial charge >= 0.3 is 16.4 Å². The van der Waals surface area contributed by atoms with E-state index in [0.29, 0.717) is 16.5 Å². The summed E-state index contributed by atoms with van der Waals surface area (Å²) in [6.07, 6.45) is 0.591. The minimum Gasteiger partial charge on any atom is -0.309 e. The number of likely N-dealkylation sites (N-methyl/N-ethyl adjacent to an activating group) is 1. The maximum atomic E-state index is 11.9. The number of carbonyl (C=O) groups excluding carboxylic acids is 2. The molecule has 0 aromatic heterocycles. The zero-order valence-corrected chi connectivity index (χ0v) is 10.8. The van der Waals surface area contributed by atoms with E-state index in [4.69, 9.17) is 9.76 Å². The second kappa shape index (κ2) is 4.59. The van der Waals surface area contributed by atoms with Crippen LogP contribution < -0.4 is 0 Å². The van der Waals surface area contributed by atoms with E-state index < -0.39 is 34.4 Å². The Labute approximate surface area is 109 Å². The third kappa shape index (κ3) is 2.63. The quantitative estimate of drug-likeness (QED) is 0.381. The van der Waals surface area contributed by atoms with Gasteiger partial charge in [-0.15, -0.1) is 4.28 Å². The van der Waals surface area contributed by atoms with Crippen LogP contribution in [0, 0.1) is 0 Å². The lowest BCUT2D eigenvalue weighted by molar-refractivity contribution is -0.165. The highest BCUT2D eigenvalue weighted by molar-refractivity contribution is 7.80. The Balaban J connectivity index is 2.18. The fourth-order valence-corrected chi connectivity index (χ4v) is 2.69. The van der Waals surface area contributed by atoms with Crippen molar-refractivity contribution >= 4 is 22.3 Å². The van der Waals surface area contributed by atoms with Crippen LogP contribution in [-0.4, -0.2) is 70.8 Å². The number of amides is 3. The van der Waals surface area contributed by atoms with E-state index in [2.05, 4.69) is 4.28 Å². The first-order valence-electron chi connectivity index (χ1n) is 5.44. The number of hydroxylamine groups is 4. The number of nitrogens with zero attached hydrogens (tertiary/aromatic N) is 3. The van der Waals surface area contributed by atoms with Crippen LogP contribution in [0.1, 0.15) is 12.8 Å². The van der Waals surface area contributed by atoms with Gasteiger partial charge in [-0.2, -0.15) is 13.5 Å². The summed E-state index contributed by atoms with van der Waals surface area (Å²) >= 11 is 0. The summed E-state index contributed by atoms with van der Waals surface area (Å²) in [5.41, 5.74) is 0. The molecule has 2 heterocycles. The van der Waals surface area contributed by atoms with Crippen molar-refractivity contribution in [2.75, 3.05) is 13.6 Å². The van der Waals surface area contributed by atoms with E-state index in [0.717, 1.165) is 11.9 Å². The zero-order chi connectivity index (χ0) is 14.4. The number of hydrogen-bond acceptors (Lipinski definition) is 6. The predicted octanol–water partition coefficient (Wildman–Crippen LogP) is -1.16. The zero-order valence-electron chi connectivity index (χ0n) is 9.96. The van der Waals surface area contributed by atoms with Crippen LogP contribution in [-0.2, 0) is 19.5 Å². The molecule has 0 aromatic rings. The second-order valence-electron chi connectivity index (χ2n) is 4.37. The number of hydrogen-bond donors (Lipinski definition) is 2. The Bertz CT molecular complexity index is 504. The van der Waals surface area contributed by atoms with Gasteiger partial charge < -0.3 is 4.90 Å². The molecule has 2 aliphatic heterocycles. The van der Waals surface area contributed by atoms with Gasteiger partial charge in [0.05, 0.1) is 6.04 Å². The summed E-state index contributed by atoms with van der Waals surface area (Å²) in [4.78, 5) is 24.7. The third-order valence-electron chi connectivity index (χ3n) is 3.10. The number of carbonyl (C=O) groups is 2. The molecule has 0 spiro atoms. The van der Waals surface area contributed by atoms with Crippen molar-refractivity contribution in [2.45, 2.75) is 24.9 Å². The largest absolute Gasteiger partial charge is 0.418 e. The van der Waals surface area contributed by atoms with Crippen molar-refractivity contribution in [3.05, 3.63) is 0 Å². The molecule has 0 radical (unpaired) electrons. The molecule has 2 N–H and O–H groups in total. The molecule has 19 heavy (non-hydrogen) atoms. The van der Waals surface area contributed by atoms with Crippen LogP contribution in [0.25, 0.3) is 0 Å². The minimum absolute atomic E-state index is 0.0958. The molecular weight excluding hydrogens is 282 g/mol. The van der Waals surface area contributed by atoms with E-state index in [-0.39, 0.29) is 13.0 Å². The topological polar surface area (TPSA) is 128 Å². The van der Waals surface area contributed by atoms with Gasteiger partial charge in [0.1, 0.15) is 6.04 Å². The molecule has 108 valence electrons. The Morgan fingerprint density at radius 1 is 1.47 bits per heavy atom. The fraction of sp³-hybridized carbons (Fsp3) is 0.750. The Morgan fingerprint density at radius 3 is 2.63 bits per heavy atom. The normalized spacial score (nSPS) is 26.8. The van der Waals surface area contributed by atoms with Gasteiger partial charge in [-0.1, -0.05) is 0 Å². The van der Waals surface area contributed by atoms with E-state index in [1.165, 1.54) is 0 Å². The van der Waals surface area contributed by atoms with Gasteiger partial charge in [0.15, 0.2) is 0 Å². The molecule has 10 nitrogen and oxygen atoms in total. The smallest absolute Gasteiger partial charge is 0.309 e. The van der Waals surface area contributed by atoms with Gasteiger partial charge in [-0.05, 0) is 12.8 Å². The first-order valence-corrected chi connectivity index (χ1v) is 6.80. The first-order chi connectivity index (χ1) is 8.70. The summed E-state index contributed by atoms with van der Waals surface area (Å²) < 4.78 is 34.1. The maximum Gasteiger partial charge on any atom is 0.418 e. The molecule has 2 saturated heterocycles. The number of rotatable bonds is 3. The standard InChI is InChI=1S/C8H13N3O7S/c1-9(14)7(12)6-3-2-5-4-10(6)8(13)11(5)18-19(15,16)17/h5-6,14H,2-4H2,1H3,(H,15,16,17). The van der Waals surface area contributed by atoms with Crippen molar-refractivity contribution in [3.8, 4) is 0 Å². The lowest BCUT2D eigenvalue weighted by atomic mass is 10.0. The van der Waals surface area contributed by atoms with Gasteiger partial charge in [-0.3, -0.25) is 14.6 Å². The molecule has 2 fully saturated rings. The second-order valence-corrected chi connectivity index (χ2v) is 5.38. The van der Waals surface area contributed by atoms with Crippen molar-refractivity contribution in [2.24, 2.45) is 0 Å². The predicted molar refractivity (Wildman–Crippen MR) is 57.9 cm³/mol. The lowest BCUT2D eigenvalue weighted by Crippen LogP contribution is -2.49. The van der Waals surface area contributed by atoms with E-state index in [9.17, 15) is 18.0 Å². The van der Waals surface area contributed by atoms with Gasteiger partial charge in [-0.25, -0.2) is 9.86 Å². The minimum atomic E-state index is -4.80. The number of piperidine rings is 1. The molecule has 2 atom stereocenters. The summed E-state index contributed by atoms with van der Waals surface area (Å²) in [5.74, 6) is -0.666. The van der Waals surface area contributed by atoms with Gasteiger partial charge in [0.25, 0.3) is 5.91 Å². The van der Waals surface area contributed by atoms with E-state index in [1.54, 1.807) is 0 Å². The highest BCUT2D eigenvalue weighted by atomic mass is 32.3. The summed E-state index contributed by atoms with van der Waals surface area (Å²) in [5, 5.41) is 10.0. The Hall–Kier alpha value is -1.43. The summed E-state index contributed by atoms with van der Waals surface area (Å²) in [6.45, 7) is 0.0958. The van der Waals surface area contributed by atoms with E-state index in [1.807, 2.05) is 0 Å². The van der Waals surface area contributed by atoms with Crippen molar-refractivity contribution < 1.29 is 32.1 Å². The molecule has 0 aliphatic carbocycles. The van der Waals surface area contributed by atoms with Crippen molar-refractivity contribution in [1.29, 1.82) is 0 Å². The maximum absolute atomic E-state index is 11.9. The van der Waals surface area contributed by atoms with Gasteiger partial charge in [0, 0.05) is 13.6 Å². The van der Waals surface area contributed by atoms with Crippen LogP contribution in [0.15, 0.2) is 0 Å². The number of urea groups is 1. The van der Waals surface area contributed by atoms with Crippen LogP contribution >= 0.6 is 0 Å². The molecule has 2 unspecified atom stereocenters. The van der Waals surface area contributed by atoms with Crippen LogP contribution in [0.5, 0.6) is 0 Å². The van der Waals surface area contributed by atoms with Crippen LogP contribution in [0.4, 0.5) is 4.79 Å². The average molecular weight is 295 g/mol. The molecule has 11 heteroatoms. The lowest BCUT2D eigenvalue weighted by Gasteiger charge is -2.30. The molecule has 2 rings (SSSR count). The summed E-state index contributed by atoms with van der Waals surface area (Å²) in [7, 11) is -3.66. The van der Waals surface area contributed by atoms with E-state index >= 15 is 0 Å². The monoisotopic (exact) mass is 295 g/mol.